The van der Waals surface area contributed by atoms with Gasteiger partial charge < -0.3 is 9.47 Å². The van der Waals surface area contributed by atoms with Crippen LogP contribution in [0.2, 0.25) is 0 Å². The van der Waals surface area contributed by atoms with E-state index in [1.54, 1.807) is 22.7 Å². The highest BCUT2D eigenvalue weighted by molar-refractivity contribution is 7.18. The van der Waals surface area contributed by atoms with Gasteiger partial charge in [0.15, 0.2) is 0 Å². The molecule has 0 aliphatic carbocycles. The molecule has 0 aliphatic rings. The summed E-state index contributed by atoms with van der Waals surface area (Å²) >= 11 is 3.33. The van der Waals surface area contributed by atoms with Crippen LogP contribution in [0.25, 0.3) is 41.7 Å². The highest BCUT2D eigenvalue weighted by Gasteiger charge is 2.22. The van der Waals surface area contributed by atoms with Gasteiger partial charge in [-0.2, -0.15) is 0 Å². The van der Waals surface area contributed by atoms with Gasteiger partial charge in [-0.3, -0.25) is 0 Å². The number of ether oxygens (including phenoxy) is 2. The van der Waals surface area contributed by atoms with Gasteiger partial charge in [0.1, 0.15) is 0 Å². The number of hydrogen-bond acceptors (Lipinski definition) is 6. The Bertz CT molecular complexity index is 1830. The van der Waals surface area contributed by atoms with Gasteiger partial charge in [-0.25, -0.2) is 9.59 Å². The molecule has 58 heavy (non-hydrogen) atoms. The molecule has 0 saturated carbocycles. The predicted octanol–water partition coefficient (Wildman–Crippen LogP) is 17.4. The summed E-state index contributed by atoms with van der Waals surface area (Å²) in [5, 5.41) is 10.3. The van der Waals surface area contributed by atoms with E-state index >= 15 is 0 Å². The number of fused-ring (bicyclic) bond motifs is 6. The van der Waals surface area contributed by atoms with E-state index in [4.69, 9.17) is 9.47 Å². The molecule has 2 atom stereocenters. The summed E-state index contributed by atoms with van der Waals surface area (Å²) in [5.74, 6) is 0.400. The van der Waals surface area contributed by atoms with Gasteiger partial charge in [0.2, 0.25) is 0 Å². The SMILES string of the molecule is CCCCCCCCC(CCCCCC)COC(=O)c1cc2cc3c(cc(C(=O)OCC(CCCCCC)CCCCCCCC)c4ccsc43)cc2c2sccc12. The van der Waals surface area contributed by atoms with E-state index in [2.05, 4.69) is 62.7 Å². The third kappa shape index (κ3) is 13.5. The Labute approximate surface area is 358 Å². The third-order valence-corrected chi connectivity index (χ3v) is 14.3. The second-order valence-corrected chi connectivity index (χ2v) is 19.0. The van der Waals surface area contributed by atoms with Crippen molar-refractivity contribution in [3.8, 4) is 0 Å². The van der Waals surface area contributed by atoms with Gasteiger partial charge in [-0.1, -0.05) is 156 Å². The maximum absolute atomic E-state index is 13.9. The van der Waals surface area contributed by atoms with Crippen molar-refractivity contribution in [1.29, 1.82) is 0 Å². The number of carbonyl (C=O) groups excluding carboxylic acids is 2. The second-order valence-electron chi connectivity index (χ2n) is 17.2. The van der Waals surface area contributed by atoms with Crippen molar-refractivity contribution < 1.29 is 19.1 Å². The highest BCUT2D eigenvalue weighted by atomic mass is 32.1. The van der Waals surface area contributed by atoms with Crippen molar-refractivity contribution in [3.63, 3.8) is 0 Å². The Morgan fingerprint density at radius 1 is 0.448 bits per heavy atom. The minimum atomic E-state index is -0.216. The Balaban J connectivity index is 1.33. The Morgan fingerprint density at radius 2 is 0.776 bits per heavy atom. The first-order chi connectivity index (χ1) is 28.5. The van der Waals surface area contributed by atoms with Gasteiger partial charge in [0.05, 0.1) is 24.3 Å². The average molecular weight is 827 g/mol. The lowest BCUT2D eigenvalue weighted by molar-refractivity contribution is 0.0416. The number of rotatable bonds is 30. The number of unbranched alkanes of at least 4 members (excludes halogenated alkanes) is 16. The standard InChI is InChI=1S/C52H74O4S2/c1-5-9-13-17-19-23-27-39(25-21-15-11-7-3)37-55-51(53)47-35-41-33-46-42(34-45(41)49-43(47)29-31-57-49)36-48(44-30-32-58-50(44)46)52(54)56-38-40(26-22-16-12-8-4)28-24-20-18-14-10-6-2/h29-36,39-40H,5-28,37-38H2,1-4H3. The van der Waals surface area contributed by atoms with Crippen LogP contribution in [0.3, 0.4) is 0 Å². The van der Waals surface area contributed by atoms with Crippen LogP contribution in [0.1, 0.15) is 203 Å². The number of carbonyl (C=O) groups is 2. The average Bonchev–Trinajstić information content (AvgIpc) is 3.94. The summed E-state index contributed by atoms with van der Waals surface area (Å²) < 4.78 is 14.5. The molecule has 2 heterocycles. The summed E-state index contributed by atoms with van der Waals surface area (Å²) in [6, 6.07) is 12.7. The lowest BCUT2D eigenvalue weighted by atomic mass is 9.94. The van der Waals surface area contributed by atoms with Gasteiger partial charge in [-0.15, -0.1) is 22.7 Å². The summed E-state index contributed by atoms with van der Waals surface area (Å²) in [6.45, 7) is 10.0. The molecule has 0 bridgehead atoms. The molecule has 3 aromatic carbocycles. The predicted molar refractivity (Wildman–Crippen MR) is 253 cm³/mol. The largest absolute Gasteiger partial charge is 0.462 e. The minimum absolute atomic E-state index is 0.216. The topological polar surface area (TPSA) is 52.6 Å². The van der Waals surface area contributed by atoms with Crippen molar-refractivity contribution in [1.82, 2.24) is 0 Å². The zero-order valence-electron chi connectivity index (χ0n) is 36.6. The molecule has 0 saturated heterocycles. The molecule has 2 unspecified atom stereocenters. The fourth-order valence-corrected chi connectivity index (χ4v) is 10.7. The smallest absolute Gasteiger partial charge is 0.338 e. The second kappa shape index (κ2) is 25.6. The van der Waals surface area contributed by atoms with Crippen molar-refractivity contribution >= 4 is 76.3 Å². The Kier molecular flexibility index (Phi) is 20.4. The molecule has 0 fully saturated rings. The first-order valence-electron chi connectivity index (χ1n) is 23.6. The van der Waals surface area contributed by atoms with Crippen LogP contribution in [-0.4, -0.2) is 25.2 Å². The fourth-order valence-electron chi connectivity index (χ4n) is 8.84. The molecule has 0 aliphatic heterocycles. The summed E-state index contributed by atoms with van der Waals surface area (Å²) in [4.78, 5) is 27.8. The lowest BCUT2D eigenvalue weighted by Gasteiger charge is -2.18. The number of benzene rings is 3. The zero-order valence-corrected chi connectivity index (χ0v) is 38.2. The molecule has 0 spiro atoms. The quantitative estimate of drug-likeness (QED) is 0.0263. The van der Waals surface area contributed by atoms with E-state index in [-0.39, 0.29) is 11.9 Å². The number of esters is 2. The molecule has 5 rings (SSSR count). The Morgan fingerprint density at radius 3 is 1.14 bits per heavy atom. The van der Waals surface area contributed by atoms with E-state index < -0.39 is 0 Å². The molecule has 0 N–H and O–H groups in total. The van der Waals surface area contributed by atoms with E-state index in [1.807, 2.05) is 12.1 Å². The molecular formula is C52H74O4S2. The van der Waals surface area contributed by atoms with Crippen LogP contribution in [0.15, 0.2) is 47.2 Å². The van der Waals surface area contributed by atoms with Gasteiger partial charge in [0, 0.05) is 30.9 Å². The summed E-state index contributed by atoms with van der Waals surface area (Å²) in [5.41, 5.74) is 1.31. The Hall–Kier alpha value is -2.96. The monoisotopic (exact) mass is 827 g/mol. The molecule has 0 radical (unpaired) electrons. The number of hydrogen-bond donors (Lipinski definition) is 0. The van der Waals surface area contributed by atoms with Crippen LogP contribution in [0.4, 0.5) is 0 Å². The van der Waals surface area contributed by atoms with Gasteiger partial charge >= 0.3 is 11.9 Å². The van der Waals surface area contributed by atoms with E-state index in [9.17, 15) is 9.59 Å². The van der Waals surface area contributed by atoms with Gasteiger partial charge in [0.25, 0.3) is 0 Å². The zero-order chi connectivity index (χ0) is 41.0. The van der Waals surface area contributed by atoms with Crippen molar-refractivity contribution in [2.45, 2.75) is 182 Å². The first kappa shape index (κ1) is 46.1. The maximum atomic E-state index is 13.9. The van der Waals surface area contributed by atoms with Crippen LogP contribution < -0.4 is 0 Å². The molecule has 318 valence electrons. The van der Waals surface area contributed by atoms with E-state index in [0.717, 1.165) is 67.4 Å². The van der Waals surface area contributed by atoms with Crippen LogP contribution in [0.5, 0.6) is 0 Å². The maximum Gasteiger partial charge on any atom is 0.338 e. The van der Waals surface area contributed by atoms with E-state index in [0.29, 0.717) is 36.2 Å². The van der Waals surface area contributed by atoms with Crippen LogP contribution in [0, 0.1) is 11.8 Å². The molecular weight excluding hydrogens is 753 g/mol. The normalized spacial score (nSPS) is 12.9. The first-order valence-corrected chi connectivity index (χ1v) is 25.4. The minimum Gasteiger partial charge on any atom is -0.462 e. The van der Waals surface area contributed by atoms with Crippen molar-refractivity contribution in [2.24, 2.45) is 11.8 Å². The van der Waals surface area contributed by atoms with Crippen molar-refractivity contribution in [3.05, 3.63) is 58.3 Å². The van der Waals surface area contributed by atoms with Crippen molar-refractivity contribution in [2.75, 3.05) is 13.2 Å². The summed E-state index contributed by atoms with van der Waals surface area (Å²) in [6.07, 6.45) is 29.9. The number of thiophene rings is 2. The van der Waals surface area contributed by atoms with E-state index in [1.165, 1.54) is 128 Å². The molecule has 6 heteroatoms. The lowest BCUT2D eigenvalue weighted by Crippen LogP contribution is -2.15. The molecule has 2 aromatic heterocycles. The summed E-state index contributed by atoms with van der Waals surface area (Å²) in [7, 11) is 0. The highest BCUT2D eigenvalue weighted by Crippen LogP contribution is 2.40. The fraction of sp³-hybridized carbons (Fsp3) is 0.615. The van der Waals surface area contributed by atoms with Gasteiger partial charge in [-0.05, 0) is 95.4 Å². The van der Waals surface area contributed by atoms with Crippen LogP contribution >= 0.6 is 22.7 Å². The molecule has 0 amide bonds. The van der Waals surface area contributed by atoms with Crippen LogP contribution in [-0.2, 0) is 9.47 Å². The third-order valence-electron chi connectivity index (χ3n) is 12.4. The molecule has 5 aromatic rings. The molecule has 4 nitrogen and oxygen atoms in total.